The minimum atomic E-state index is -0.170. The van der Waals surface area contributed by atoms with E-state index in [1.807, 2.05) is 6.92 Å². The fraction of sp³-hybridized carbons (Fsp3) is 0.273. The van der Waals surface area contributed by atoms with Crippen molar-refractivity contribution in [2.75, 3.05) is 0 Å². The standard InChI is InChI=1S/C11H10N2O2/c1-2-11(13-8-15)9-3-5-10(6-4-9)12-7-14/h3-6,11H,2H2,1H3. The third-order valence-corrected chi connectivity index (χ3v) is 2.05. The van der Waals surface area contributed by atoms with Gasteiger partial charge in [0.1, 0.15) is 0 Å². The molecule has 0 amide bonds. The third kappa shape index (κ3) is 2.99. The van der Waals surface area contributed by atoms with Crippen LogP contribution in [0.5, 0.6) is 0 Å². The van der Waals surface area contributed by atoms with Gasteiger partial charge in [0.05, 0.1) is 11.7 Å². The van der Waals surface area contributed by atoms with Crippen LogP contribution in [0.25, 0.3) is 0 Å². The second-order valence-electron chi connectivity index (χ2n) is 2.94. The van der Waals surface area contributed by atoms with Gasteiger partial charge in [-0.15, -0.1) is 0 Å². The molecule has 4 heteroatoms. The summed E-state index contributed by atoms with van der Waals surface area (Å²) in [5.41, 5.74) is 1.45. The fourth-order valence-corrected chi connectivity index (χ4v) is 1.29. The number of nitrogens with zero attached hydrogens (tertiary/aromatic N) is 2. The maximum absolute atomic E-state index is 10.2. The Morgan fingerprint density at radius 2 is 1.87 bits per heavy atom. The lowest BCUT2D eigenvalue weighted by molar-refractivity contribution is 0.556. The van der Waals surface area contributed by atoms with Crippen molar-refractivity contribution in [2.45, 2.75) is 19.4 Å². The van der Waals surface area contributed by atoms with Crippen LogP contribution >= 0.6 is 0 Å². The minimum Gasteiger partial charge on any atom is -0.211 e. The molecule has 1 rings (SSSR count). The zero-order valence-corrected chi connectivity index (χ0v) is 8.30. The summed E-state index contributed by atoms with van der Waals surface area (Å²) >= 11 is 0. The lowest BCUT2D eigenvalue weighted by Gasteiger charge is -2.07. The summed E-state index contributed by atoms with van der Waals surface area (Å²) in [5.74, 6) is 0. The quantitative estimate of drug-likeness (QED) is 0.556. The smallest absolute Gasteiger partial charge is 0.211 e. The molecule has 0 aliphatic heterocycles. The third-order valence-electron chi connectivity index (χ3n) is 2.05. The van der Waals surface area contributed by atoms with Crippen LogP contribution in [0.3, 0.4) is 0 Å². The van der Waals surface area contributed by atoms with Crippen molar-refractivity contribution in [2.24, 2.45) is 9.98 Å². The Hall–Kier alpha value is -2.02. The van der Waals surface area contributed by atoms with E-state index in [1.165, 1.54) is 6.08 Å². The molecule has 0 bridgehead atoms. The molecule has 0 radical (unpaired) electrons. The topological polar surface area (TPSA) is 58.9 Å². The Morgan fingerprint density at radius 1 is 1.20 bits per heavy atom. The molecule has 15 heavy (non-hydrogen) atoms. The van der Waals surface area contributed by atoms with Crippen LogP contribution in [0.15, 0.2) is 34.3 Å². The SMILES string of the molecule is CCC(N=C=O)c1ccc(N=C=O)cc1. The van der Waals surface area contributed by atoms with E-state index in [-0.39, 0.29) is 6.04 Å². The highest BCUT2D eigenvalue weighted by atomic mass is 16.1. The highest BCUT2D eigenvalue weighted by Gasteiger charge is 2.06. The highest BCUT2D eigenvalue weighted by molar-refractivity contribution is 5.49. The van der Waals surface area contributed by atoms with Gasteiger partial charge in [0.2, 0.25) is 12.2 Å². The molecule has 0 fully saturated rings. The van der Waals surface area contributed by atoms with Crippen molar-refractivity contribution in [1.82, 2.24) is 0 Å². The largest absolute Gasteiger partial charge is 0.240 e. The van der Waals surface area contributed by atoms with E-state index >= 15 is 0 Å². The summed E-state index contributed by atoms with van der Waals surface area (Å²) in [6.45, 7) is 1.93. The highest BCUT2D eigenvalue weighted by Crippen LogP contribution is 2.22. The van der Waals surface area contributed by atoms with E-state index in [0.717, 1.165) is 12.0 Å². The van der Waals surface area contributed by atoms with Gasteiger partial charge in [0.25, 0.3) is 0 Å². The lowest BCUT2D eigenvalue weighted by Crippen LogP contribution is -1.92. The Kier molecular flexibility index (Phi) is 4.17. The first-order valence-electron chi connectivity index (χ1n) is 4.56. The summed E-state index contributed by atoms with van der Waals surface area (Å²) in [7, 11) is 0. The molecule has 76 valence electrons. The van der Waals surface area contributed by atoms with E-state index in [9.17, 15) is 9.59 Å². The number of isocyanates is 2. The summed E-state index contributed by atoms with van der Waals surface area (Å²) in [4.78, 5) is 27.3. The fourth-order valence-electron chi connectivity index (χ4n) is 1.29. The molecule has 0 heterocycles. The Labute approximate surface area is 87.4 Å². The molecule has 0 aliphatic rings. The zero-order valence-electron chi connectivity index (χ0n) is 8.30. The number of aliphatic imine (C=N–C) groups is 2. The van der Waals surface area contributed by atoms with E-state index in [0.29, 0.717) is 5.69 Å². The molecule has 1 aromatic rings. The van der Waals surface area contributed by atoms with E-state index in [2.05, 4.69) is 9.98 Å². The van der Waals surface area contributed by atoms with E-state index in [1.54, 1.807) is 30.3 Å². The molecule has 4 nitrogen and oxygen atoms in total. The van der Waals surface area contributed by atoms with Gasteiger partial charge in [-0.2, -0.15) is 9.98 Å². The van der Waals surface area contributed by atoms with Crippen LogP contribution in [-0.4, -0.2) is 12.2 Å². The van der Waals surface area contributed by atoms with Gasteiger partial charge in [0.15, 0.2) is 0 Å². The molecule has 0 saturated heterocycles. The number of hydrogen-bond acceptors (Lipinski definition) is 4. The predicted molar refractivity (Wildman–Crippen MR) is 55.4 cm³/mol. The van der Waals surface area contributed by atoms with Crippen LogP contribution in [-0.2, 0) is 9.59 Å². The van der Waals surface area contributed by atoms with Crippen LogP contribution in [0.1, 0.15) is 24.9 Å². The summed E-state index contributed by atoms with van der Waals surface area (Å²) in [5, 5.41) is 0. The first kappa shape index (κ1) is 11.1. The molecular formula is C11H10N2O2. The first-order valence-corrected chi connectivity index (χ1v) is 4.56. The van der Waals surface area contributed by atoms with Gasteiger partial charge in [-0.05, 0) is 24.1 Å². The normalized spacial score (nSPS) is 11.0. The van der Waals surface area contributed by atoms with Gasteiger partial charge < -0.3 is 0 Å². The summed E-state index contributed by atoms with van der Waals surface area (Å²) in [6.07, 6.45) is 3.73. The maximum Gasteiger partial charge on any atom is 0.240 e. The van der Waals surface area contributed by atoms with Crippen molar-refractivity contribution in [3.05, 3.63) is 29.8 Å². The molecule has 1 atom stereocenters. The Balaban J connectivity index is 2.95. The van der Waals surface area contributed by atoms with Gasteiger partial charge in [-0.1, -0.05) is 19.1 Å². The van der Waals surface area contributed by atoms with Gasteiger partial charge in [0, 0.05) is 0 Å². The van der Waals surface area contributed by atoms with E-state index in [4.69, 9.17) is 0 Å². The number of carbonyl (C=O) groups excluding carboxylic acids is 2. The molecule has 0 N–H and O–H groups in total. The average molecular weight is 202 g/mol. The monoisotopic (exact) mass is 202 g/mol. The molecule has 1 aromatic carbocycles. The number of hydrogen-bond donors (Lipinski definition) is 0. The van der Waals surface area contributed by atoms with Crippen molar-refractivity contribution < 1.29 is 9.59 Å². The number of benzene rings is 1. The molecule has 0 saturated carbocycles. The zero-order chi connectivity index (χ0) is 11.1. The van der Waals surface area contributed by atoms with Gasteiger partial charge >= 0.3 is 0 Å². The second kappa shape index (κ2) is 5.66. The van der Waals surface area contributed by atoms with Crippen LogP contribution in [0, 0.1) is 0 Å². The van der Waals surface area contributed by atoms with Crippen LogP contribution in [0.4, 0.5) is 5.69 Å². The number of rotatable bonds is 4. The Morgan fingerprint density at radius 3 is 2.33 bits per heavy atom. The average Bonchev–Trinajstić information content (AvgIpc) is 2.28. The predicted octanol–water partition coefficient (Wildman–Crippen LogP) is 2.44. The molecule has 0 aliphatic carbocycles. The van der Waals surface area contributed by atoms with Gasteiger partial charge in [-0.25, -0.2) is 9.59 Å². The second-order valence-corrected chi connectivity index (χ2v) is 2.94. The molecule has 1 unspecified atom stereocenters. The van der Waals surface area contributed by atoms with Crippen molar-refractivity contribution in [3.8, 4) is 0 Å². The van der Waals surface area contributed by atoms with Crippen molar-refractivity contribution >= 4 is 17.8 Å². The maximum atomic E-state index is 10.2. The molecular weight excluding hydrogens is 192 g/mol. The molecule has 0 aromatic heterocycles. The Bertz CT molecular complexity index is 413. The summed E-state index contributed by atoms with van der Waals surface area (Å²) < 4.78 is 0. The van der Waals surface area contributed by atoms with E-state index < -0.39 is 0 Å². The molecule has 0 spiro atoms. The van der Waals surface area contributed by atoms with Crippen molar-refractivity contribution in [3.63, 3.8) is 0 Å². The van der Waals surface area contributed by atoms with Crippen LogP contribution < -0.4 is 0 Å². The van der Waals surface area contributed by atoms with Gasteiger partial charge in [-0.3, -0.25) is 0 Å². The first-order chi connectivity index (χ1) is 7.31. The lowest BCUT2D eigenvalue weighted by atomic mass is 10.1. The van der Waals surface area contributed by atoms with Crippen LogP contribution in [0.2, 0.25) is 0 Å². The minimum absolute atomic E-state index is 0.170. The summed E-state index contributed by atoms with van der Waals surface area (Å²) in [6, 6.07) is 6.76. The van der Waals surface area contributed by atoms with Crippen molar-refractivity contribution in [1.29, 1.82) is 0 Å².